The maximum absolute atomic E-state index is 12.3. The predicted octanol–water partition coefficient (Wildman–Crippen LogP) is 2.92. The number of hydrogen-bond acceptors (Lipinski definition) is 2. The number of carbonyl (C=O) groups excluding carboxylic acids is 2. The van der Waals surface area contributed by atoms with Gasteiger partial charge in [0.05, 0.1) is 5.92 Å². The summed E-state index contributed by atoms with van der Waals surface area (Å²) >= 11 is 0. The van der Waals surface area contributed by atoms with Crippen LogP contribution in [0.25, 0.3) is 0 Å². The first-order chi connectivity index (χ1) is 7.43. The second-order valence-corrected chi connectivity index (χ2v) is 5.96. The SMILES string of the molecule is C=CCC1(C)C[C@]2(C)CCC[C@H](C1=O)C2=O. The molecule has 2 rings (SSSR count). The summed E-state index contributed by atoms with van der Waals surface area (Å²) in [6, 6.07) is 0. The van der Waals surface area contributed by atoms with Gasteiger partial charge in [-0.25, -0.2) is 0 Å². The summed E-state index contributed by atoms with van der Waals surface area (Å²) in [5, 5.41) is 0. The molecule has 0 aromatic heterocycles. The van der Waals surface area contributed by atoms with E-state index in [-0.39, 0.29) is 28.3 Å². The third-order valence-corrected chi connectivity index (χ3v) is 4.42. The largest absolute Gasteiger partial charge is 0.298 e. The minimum Gasteiger partial charge on any atom is -0.298 e. The van der Waals surface area contributed by atoms with Gasteiger partial charge in [-0.05, 0) is 25.7 Å². The quantitative estimate of drug-likeness (QED) is 0.529. The Morgan fingerprint density at radius 2 is 2.06 bits per heavy atom. The maximum Gasteiger partial charge on any atom is 0.149 e. The van der Waals surface area contributed by atoms with Gasteiger partial charge in [0.25, 0.3) is 0 Å². The van der Waals surface area contributed by atoms with Gasteiger partial charge in [0, 0.05) is 10.8 Å². The summed E-state index contributed by atoms with van der Waals surface area (Å²) in [6.07, 6.45) is 5.95. The maximum atomic E-state index is 12.3. The molecule has 2 aliphatic carbocycles. The first kappa shape index (κ1) is 11.6. The molecule has 2 bridgehead atoms. The molecule has 88 valence electrons. The van der Waals surface area contributed by atoms with Gasteiger partial charge in [-0.3, -0.25) is 9.59 Å². The van der Waals surface area contributed by atoms with Crippen molar-refractivity contribution in [3.8, 4) is 0 Å². The van der Waals surface area contributed by atoms with Crippen LogP contribution in [0.1, 0.15) is 46.0 Å². The van der Waals surface area contributed by atoms with Crippen molar-refractivity contribution < 1.29 is 9.59 Å². The Morgan fingerprint density at radius 3 is 2.69 bits per heavy atom. The fourth-order valence-corrected chi connectivity index (χ4v) is 3.66. The lowest BCUT2D eigenvalue weighted by atomic mass is 9.53. The number of allylic oxidation sites excluding steroid dienone is 1. The van der Waals surface area contributed by atoms with Crippen molar-refractivity contribution in [3.63, 3.8) is 0 Å². The van der Waals surface area contributed by atoms with Gasteiger partial charge in [-0.1, -0.05) is 26.3 Å². The molecule has 0 saturated heterocycles. The standard InChI is InChI=1S/C14H20O2/c1-4-7-13(2)9-14(3)8-5-6-10(11(13)15)12(14)16/h4,10H,1,5-9H2,2-3H3/t10-,13?,14+/m1/s1. The van der Waals surface area contributed by atoms with E-state index in [2.05, 4.69) is 6.58 Å². The molecule has 2 nitrogen and oxygen atoms in total. The molecule has 2 saturated carbocycles. The van der Waals surface area contributed by atoms with E-state index >= 15 is 0 Å². The van der Waals surface area contributed by atoms with E-state index in [1.807, 2.05) is 19.9 Å². The van der Waals surface area contributed by atoms with Crippen LogP contribution >= 0.6 is 0 Å². The molecule has 0 aromatic carbocycles. The van der Waals surface area contributed by atoms with Crippen LogP contribution in [0.5, 0.6) is 0 Å². The highest BCUT2D eigenvalue weighted by Crippen LogP contribution is 2.52. The summed E-state index contributed by atoms with van der Waals surface area (Å²) in [5.41, 5.74) is -0.607. The van der Waals surface area contributed by atoms with Crippen LogP contribution in [0.4, 0.5) is 0 Å². The minimum atomic E-state index is -0.352. The highest BCUT2D eigenvalue weighted by molar-refractivity contribution is 6.09. The van der Waals surface area contributed by atoms with E-state index in [9.17, 15) is 9.59 Å². The first-order valence-corrected chi connectivity index (χ1v) is 6.12. The molecule has 1 unspecified atom stereocenters. The lowest BCUT2D eigenvalue weighted by Crippen LogP contribution is -2.54. The normalized spacial score (nSPS) is 43.2. The van der Waals surface area contributed by atoms with E-state index in [4.69, 9.17) is 0 Å². The summed E-state index contributed by atoms with van der Waals surface area (Å²) in [4.78, 5) is 24.5. The van der Waals surface area contributed by atoms with E-state index in [1.165, 1.54) is 0 Å². The second-order valence-electron chi connectivity index (χ2n) is 5.96. The van der Waals surface area contributed by atoms with Crippen LogP contribution in [-0.4, -0.2) is 11.6 Å². The summed E-state index contributed by atoms with van der Waals surface area (Å²) in [5.74, 6) is 0.0392. The summed E-state index contributed by atoms with van der Waals surface area (Å²) < 4.78 is 0. The van der Waals surface area contributed by atoms with Crippen molar-refractivity contribution in [2.45, 2.75) is 46.0 Å². The fraction of sp³-hybridized carbons (Fsp3) is 0.714. The molecule has 0 aliphatic heterocycles. The van der Waals surface area contributed by atoms with E-state index in [1.54, 1.807) is 0 Å². The zero-order valence-electron chi connectivity index (χ0n) is 10.2. The zero-order valence-corrected chi connectivity index (χ0v) is 10.2. The molecule has 2 fully saturated rings. The Labute approximate surface area is 97.1 Å². The van der Waals surface area contributed by atoms with Gasteiger partial charge < -0.3 is 0 Å². The molecule has 0 spiro atoms. The van der Waals surface area contributed by atoms with Gasteiger partial charge in [0.1, 0.15) is 11.6 Å². The predicted molar refractivity (Wildman–Crippen MR) is 63.0 cm³/mol. The highest BCUT2D eigenvalue weighted by Gasteiger charge is 2.56. The highest BCUT2D eigenvalue weighted by atomic mass is 16.2. The zero-order chi connectivity index (χ0) is 12.0. The summed E-state index contributed by atoms with van der Waals surface area (Å²) in [7, 11) is 0. The van der Waals surface area contributed by atoms with Crippen LogP contribution in [-0.2, 0) is 9.59 Å². The van der Waals surface area contributed by atoms with Gasteiger partial charge in [-0.2, -0.15) is 0 Å². The van der Waals surface area contributed by atoms with Crippen molar-refractivity contribution in [1.82, 2.24) is 0 Å². The van der Waals surface area contributed by atoms with Crippen molar-refractivity contribution in [1.29, 1.82) is 0 Å². The number of ketones is 2. The van der Waals surface area contributed by atoms with Gasteiger partial charge in [0.15, 0.2) is 0 Å². The lowest BCUT2D eigenvalue weighted by molar-refractivity contribution is -0.156. The molecule has 0 heterocycles. The number of fused-ring (bicyclic) bond motifs is 2. The Bertz CT molecular complexity index is 358. The molecule has 2 heteroatoms. The number of Topliss-reactive ketones (excluding diaryl/α,β-unsaturated/α-hetero) is 2. The third-order valence-electron chi connectivity index (χ3n) is 4.42. The molecule has 0 N–H and O–H groups in total. The fourth-order valence-electron chi connectivity index (χ4n) is 3.66. The molecule has 0 aromatic rings. The Hall–Kier alpha value is -0.920. The second kappa shape index (κ2) is 3.54. The van der Waals surface area contributed by atoms with E-state index in [0.29, 0.717) is 12.8 Å². The van der Waals surface area contributed by atoms with Gasteiger partial charge in [0.2, 0.25) is 0 Å². The van der Waals surface area contributed by atoms with Crippen LogP contribution in [0.15, 0.2) is 12.7 Å². The molecule has 16 heavy (non-hydrogen) atoms. The molecule has 2 aliphatic rings. The monoisotopic (exact) mass is 220 g/mol. The molecule has 0 radical (unpaired) electrons. The van der Waals surface area contributed by atoms with Crippen LogP contribution < -0.4 is 0 Å². The van der Waals surface area contributed by atoms with Crippen molar-refractivity contribution in [2.24, 2.45) is 16.7 Å². The van der Waals surface area contributed by atoms with Gasteiger partial charge >= 0.3 is 0 Å². The Balaban J connectivity index is 2.38. The summed E-state index contributed by atoms with van der Waals surface area (Å²) in [6.45, 7) is 7.77. The van der Waals surface area contributed by atoms with Gasteiger partial charge in [-0.15, -0.1) is 6.58 Å². The molecular formula is C14H20O2. The van der Waals surface area contributed by atoms with Crippen molar-refractivity contribution >= 4 is 11.6 Å². The lowest BCUT2D eigenvalue weighted by Gasteiger charge is -2.48. The number of rotatable bonds is 2. The van der Waals surface area contributed by atoms with Crippen molar-refractivity contribution in [2.75, 3.05) is 0 Å². The average Bonchev–Trinajstić information content (AvgIpc) is 2.20. The first-order valence-electron chi connectivity index (χ1n) is 6.12. The van der Waals surface area contributed by atoms with E-state index in [0.717, 1.165) is 19.3 Å². The number of carbonyl (C=O) groups is 2. The Kier molecular flexibility index (Phi) is 2.56. The Morgan fingerprint density at radius 1 is 1.38 bits per heavy atom. The number of hydrogen-bond donors (Lipinski definition) is 0. The minimum absolute atomic E-state index is 0.162. The third kappa shape index (κ3) is 1.47. The topological polar surface area (TPSA) is 34.1 Å². The molecule has 3 atom stereocenters. The van der Waals surface area contributed by atoms with Crippen LogP contribution in [0.2, 0.25) is 0 Å². The van der Waals surface area contributed by atoms with E-state index < -0.39 is 0 Å². The average molecular weight is 220 g/mol. The smallest absolute Gasteiger partial charge is 0.149 e. The van der Waals surface area contributed by atoms with Crippen molar-refractivity contribution in [3.05, 3.63) is 12.7 Å². The molecular weight excluding hydrogens is 200 g/mol. The van der Waals surface area contributed by atoms with Crippen LogP contribution in [0, 0.1) is 16.7 Å². The van der Waals surface area contributed by atoms with Crippen LogP contribution in [0.3, 0.4) is 0 Å². The molecule has 0 amide bonds.